The first-order chi connectivity index (χ1) is 5.83. The smallest absolute Gasteiger partial charge is 0.0808 e. The van der Waals surface area contributed by atoms with Gasteiger partial charge in [0.1, 0.15) is 0 Å². The van der Waals surface area contributed by atoms with Crippen LogP contribution in [0.1, 0.15) is 6.42 Å². The number of rotatable bonds is 3. The topological polar surface area (TPSA) is 29.5 Å². The number of hydrogen-bond acceptors (Lipinski definition) is 2. The number of alkyl halides is 1. The Morgan fingerprint density at radius 1 is 1.42 bits per heavy atom. The van der Waals surface area contributed by atoms with Gasteiger partial charge in [-0.3, -0.25) is 0 Å². The summed E-state index contributed by atoms with van der Waals surface area (Å²) in [5.41, 5.74) is 0. The zero-order valence-electron chi connectivity index (χ0n) is 6.82. The fraction of sp³-hybridized carbons (Fsp3) is 0.778. The van der Waals surface area contributed by atoms with Gasteiger partial charge in [0.2, 0.25) is 0 Å². The van der Waals surface area contributed by atoms with Crippen molar-refractivity contribution < 1.29 is 9.84 Å². The van der Waals surface area contributed by atoms with Crippen molar-refractivity contribution in [2.45, 2.75) is 17.9 Å². The summed E-state index contributed by atoms with van der Waals surface area (Å²) >= 11 is 6.15. The normalized spacial score (nSPS) is 44.2. The van der Waals surface area contributed by atoms with Crippen molar-refractivity contribution in [3.05, 3.63) is 12.2 Å². The van der Waals surface area contributed by atoms with Crippen molar-refractivity contribution in [2.75, 3.05) is 13.2 Å². The van der Waals surface area contributed by atoms with Crippen LogP contribution in [0, 0.1) is 11.8 Å². The molecule has 0 aromatic rings. The summed E-state index contributed by atoms with van der Waals surface area (Å²) in [6.07, 6.45) is 5.63. The lowest BCUT2D eigenvalue weighted by molar-refractivity contribution is 0.0172. The molecule has 1 fully saturated rings. The Kier molecular flexibility index (Phi) is 2.40. The van der Waals surface area contributed by atoms with E-state index in [4.69, 9.17) is 21.4 Å². The maximum atomic E-state index is 8.60. The zero-order valence-corrected chi connectivity index (χ0v) is 7.57. The molecule has 2 nitrogen and oxygen atoms in total. The van der Waals surface area contributed by atoms with Crippen LogP contribution in [-0.2, 0) is 4.74 Å². The van der Waals surface area contributed by atoms with E-state index in [9.17, 15) is 0 Å². The van der Waals surface area contributed by atoms with Crippen molar-refractivity contribution in [1.82, 2.24) is 0 Å². The molecule has 0 spiro atoms. The molecule has 1 saturated carbocycles. The highest BCUT2D eigenvalue weighted by atomic mass is 35.5. The van der Waals surface area contributed by atoms with E-state index in [0.717, 1.165) is 6.42 Å². The van der Waals surface area contributed by atoms with Gasteiger partial charge in [-0.2, -0.15) is 0 Å². The molecule has 12 heavy (non-hydrogen) atoms. The molecule has 4 atom stereocenters. The minimum atomic E-state index is 0.0845. The molecule has 1 N–H and O–H groups in total. The second-order valence-corrected chi connectivity index (χ2v) is 3.96. The summed E-state index contributed by atoms with van der Waals surface area (Å²) in [4.78, 5) is 0. The summed E-state index contributed by atoms with van der Waals surface area (Å²) in [5, 5.41) is 8.71. The summed E-state index contributed by atoms with van der Waals surface area (Å²) in [6, 6.07) is 0. The van der Waals surface area contributed by atoms with Crippen LogP contribution in [0.5, 0.6) is 0 Å². The Morgan fingerprint density at radius 3 is 2.75 bits per heavy atom. The average Bonchev–Trinajstić information content (AvgIpc) is 2.62. The van der Waals surface area contributed by atoms with E-state index in [1.165, 1.54) is 0 Å². The second kappa shape index (κ2) is 3.36. The largest absolute Gasteiger partial charge is 0.394 e. The van der Waals surface area contributed by atoms with Crippen LogP contribution >= 0.6 is 11.6 Å². The highest BCUT2D eigenvalue weighted by Gasteiger charge is 2.44. The third kappa shape index (κ3) is 1.28. The fourth-order valence-corrected chi connectivity index (χ4v) is 2.57. The van der Waals surface area contributed by atoms with Gasteiger partial charge in [0.05, 0.1) is 24.7 Å². The van der Waals surface area contributed by atoms with Crippen molar-refractivity contribution in [1.29, 1.82) is 0 Å². The van der Waals surface area contributed by atoms with Gasteiger partial charge in [-0.05, 0) is 12.3 Å². The first kappa shape index (κ1) is 8.54. The minimum absolute atomic E-state index is 0.0845. The van der Waals surface area contributed by atoms with Crippen molar-refractivity contribution in [3.8, 4) is 0 Å². The molecular weight excluding hydrogens is 176 g/mol. The van der Waals surface area contributed by atoms with E-state index in [1.54, 1.807) is 0 Å². The first-order valence-corrected chi connectivity index (χ1v) is 4.81. The van der Waals surface area contributed by atoms with Gasteiger partial charge in [0.15, 0.2) is 0 Å². The molecule has 2 aliphatic carbocycles. The lowest BCUT2D eigenvalue weighted by Gasteiger charge is -2.22. The standard InChI is InChI=1S/C9H13ClO2/c10-8-6-1-2-7(5-6)9(8)12-4-3-11/h1-2,6-9,11H,3-5H2. The van der Waals surface area contributed by atoms with Crippen LogP contribution < -0.4 is 0 Å². The highest BCUT2D eigenvalue weighted by Crippen LogP contribution is 2.43. The van der Waals surface area contributed by atoms with E-state index in [0.29, 0.717) is 18.4 Å². The number of allylic oxidation sites excluding steroid dienone is 1. The Hall–Kier alpha value is -0.0500. The molecule has 0 saturated heterocycles. The Labute approximate surface area is 77.2 Å². The van der Waals surface area contributed by atoms with Gasteiger partial charge < -0.3 is 9.84 Å². The molecule has 3 heteroatoms. The van der Waals surface area contributed by atoms with Crippen LogP contribution in [0.3, 0.4) is 0 Å². The number of ether oxygens (including phenoxy) is 1. The Morgan fingerprint density at radius 2 is 2.17 bits per heavy atom. The number of hydrogen-bond donors (Lipinski definition) is 1. The average molecular weight is 189 g/mol. The Bertz CT molecular complexity index is 193. The Balaban J connectivity index is 1.94. The van der Waals surface area contributed by atoms with E-state index in [1.807, 2.05) is 0 Å². The molecule has 0 heterocycles. The number of aliphatic hydroxyl groups excluding tert-OH is 1. The van der Waals surface area contributed by atoms with Crippen LogP contribution in [0.4, 0.5) is 0 Å². The molecule has 4 unspecified atom stereocenters. The number of fused-ring (bicyclic) bond motifs is 2. The minimum Gasteiger partial charge on any atom is -0.394 e. The SMILES string of the molecule is OCCOC1C2C=CC(C2)C1Cl. The molecule has 0 amide bonds. The monoisotopic (exact) mass is 188 g/mol. The first-order valence-electron chi connectivity index (χ1n) is 4.38. The van der Waals surface area contributed by atoms with Gasteiger partial charge in [0.25, 0.3) is 0 Å². The lowest BCUT2D eigenvalue weighted by Crippen LogP contribution is -2.29. The summed E-state index contributed by atoms with van der Waals surface area (Å²) in [7, 11) is 0. The van der Waals surface area contributed by atoms with Gasteiger partial charge in [-0.25, -0.2) is 0 Å². The molecule has 0 aliphatic heterocycles. The summed E-state index contributed by atoms with van der Waals surface area (Å²) < 4.78 is 5.47. The van der Waals surface area contributed by atoms with Crippen LogP contribution in [-0.4, -0.2) is 29.8 Å². The van der Waals surface area contributed by atoms with E-state index in [2.05, 4.69) is 12.2 Å². The summed E-state index contributed by atoms with van der Waals surface area (Å²) in [5.74, 6) is 0.990. The van der Waals surface area contributed by atoms with Crippen molar-refractivity contribution in [2.24, 2.45) is 11.8 Å². The quantitative estimate of drug-likeness (QED) is 0.533. The highest BCUT2D eigenvalue weighted by molar-refractivity contribution is 6.21. The van der Waals surface area contributed by atoms with Crippen LogP contribution in [0.25, 0.3) is 0 Å². The van der Waals surface area contributed by atoms with Crippen molar-refractivity contribution >= 4 is 11.6 Å². The molecular formula is C9H13ClO2. The maximum absolute atomic E-state index is 8.60. The predicted octanol–water partition coefficient (Wildman–Crippen LogP) is 1.18. The summed E-state index contributed by atoms with van der Waals surface area (Å²) in [6.45, 7) is 0.492. The third-order valence-electron chi connectivity index (χ3n) is 2.70. The van der Waals surface area contributed by atoms with Gasteiger partial charge >= 0.3 is 0 Å². The number of aliphatic hydroxyl groups is 1. The molecule has 2 aliphatic rings. The van der Waals surface area contributed by atoms with Crippen LogP contribution in [0.15, 0.2) is 12.2 Å². The molecule has 0 aromatic heterocycles. The van der Waals surface area contributed by atoms with Gasteiger partial charge in [0, 0.05) is 5.92 Å². The van der Waals surface area contributed by atoms with E-state index >= 15 is 0 Å². The molecule has 2 bridgehead atoms. The molecule has 0 radical (unpaired) electrons. The van der Waals surface area contributed by atoms with E-state index < -0.39 is 0 Å². The molecule has 68 valence electrons. The molecule has 0 aromatic carbocycles. The van der Waals surface area contributed by atoms with E-state index in [-0.39, 0.29) is 18.1 Å². The predicted molar refractivity (Wildman–Crippen MR) is 47.2 cm³/mol. The third-order valence-corrected chi connectivity index (χ3v) is 3.27. The maximum Gasteiger partial charge on any atom is 0.0808 e. The van der Waals surface area contributed by atoms with Crippen molar-refractivity contribution in [3.63, 3.8) is 0 Å². The second-order valence-electron chi connectivity index (χ2n) is 3.45. The lowest BCUT2D eigenvalue weighted by atomic mass is 10.0. The van der Waals surface area contributed by atoms with Gasteiger partial charge in [-0.1, -0.05) is 12.2 Å². The molecule has 2 rings (SSSR count). The van der Waals surface area contributed by atoms with Gasteiger partial charge in [-0.15, -0.1) is 11.6 Å². The number of halogens is 1. The zero-order chi connectivity index (χ0) is 8.55. The van der Waals surface area contributed by atoms with Crippen LogP contribution in [0.2, 0.25) is 0 Å². The fourth-order valence-electron chi connectivity index (χ4n) is 2.12.